The Labute approximate surface area is 91.8 Å². The first kappa shape index (κ1) is 11.2. The minimum Gasteiger partial charge on any atom is -0.322 e. The molecular formula is C9H14BrN3O. The molecule has 1 unspecified atom stereocenters. The molecule has 1 atom stereocenters. The van der Waals surface area contributed by atoms with Gasteiger partial charge in [-0.2, -0.15) is 5.10 Å². The number of amides is 1. The van der Waals surface area contributed by atoms with Crippen molar-refractivity contribution >= 4 is 27.5 Å². The van der Waals surface area contributed by atoms with Crippen LogP contribution < -0.4 is 5.32 Å². The molecule has 5 heteroatoms. The fourth-order valence-electron chi connectivity index (χ4n) is 0.927. The van der Waals surface area contributed by atoms with E-state index in [-0.39, 0.29) is 10.7 Å². The van der Waals surface area contributed by atoms with Gasteiger partial charge in [-0.3, -0.25) is 9.48 Å². The number of aromatic nitrogens is 2. The van der Waals surface area contributed by atoms with E-state index in [9.17, 15) is 4.79 Å². The zero-order chi connectivity index (χ0) is 10.7. The molecule has 1 aromatic heterocycles. The SMILES string of the molecule is CC(Br)C(=O)Nc1cnn(C(C)C)c1. The van der Waals surface area contributed by atoms with E-state index in [1.807, 2.05) is 20.0 Å². The Hall–Kier alpha value is -0.840. The van der Waals surface area contributed by atoms with Gasteiger partial charge in [0.1, 0.15) is 0 Å². The lowest BCUT2D eigenvalue weighted by molar-refractivity contribution is -0.115. The fraction of sp³-hybridized carbons (Fsp3) is 0.556. The van der Waals surface area contributed by atoms with Crippen molar-refractivity contribution < 1.29 is 4.79 Å². The molecular weight excluding hydrogens is 246 g/mol. The molecule has 0 saturated carbocycles. The maximum Gasteiger partial charge on any atom is 0.237 e. The minimum absolute atomic E-state index is 0.0618. The largest absolute Gasteiger partial charge is 0.322 e. The monoisotopic (exact) mass is 259 g/mol. The van der Waals surface area contributed by atoms with Crippen molar-refractivity contribution in [2.45, 2.75) is 31.6 Å². The van der Waals surface area contributed by atoms with Crippen molar-refractivity contribution in [3.63, 3.8) is 0 Å². The summed E-state index contributed by atoms with van der Waals surface area (Å²) in [6.07, 6.45) is 3.46. The Kier molecular flexibility index (Phi) is 3.69. The maximum atomic E-state index is 11.3. The van der Waals surface area contributed by atoms with Crippen molar-refractivity contribution in [3.05, 3.63) is 12.4 Å². The van der Waals surface area contributed by atoms with E-state index in [1.54, 1.807) is 17.8 Å². The molecule has 0 bridgehead atoms. The predicted octanol–water partition coefficient (Wildman–Crippen LogP) is 2.19. The Morgan fingerprint density at radius 3 is 2.64 bits per heavy atom. The lowest BCUT2D eigenvalue weighted by Crippen LogP contribution is -2.19. The number of halogens is 1. The summed E-state index contributed by atoms with van der Waals surface area (Å²) >= 11 is 3.19. The molecule has 0 aliphatic rings. The zero-order valence-corrected chi connectivity index (χ0v) is 10.1. The molecule has 0 saturated heterocycles. The van der Waals surface area contributed by atoms with E-state index in [0.29, 0.717) is 6.04 Å². The van der Waals surface area contributed by atoms with Gasteiger partial charge in [-0.25, -0.2) is 0 Å². The summed E-state index contributed by atoms with van der Waals surface area (Å²) in [6, 6.07) is 0.307. The van der Waals surface area contributed by atoms with Gasteiger partial charge in [0.15, 0.2) is 0 Å². The van der Waals surface area contributed by atoms with E-state index < -0.39 is 0 Å². The van der Waals surface area contributed by atoms with Crippen LogP contribution in [-0.4, -0.2) is 20.5 Å². The zero-order valence-electron chi connectivity index (χ0n) is 8.49. The summed E-state index contributed by atoms with van der Waals surface area (Å²) < 4.78 is 1.80. The lowest BCUT2D eigenvalue weighted by Gasteiger charge is -2.04. The highest BCUT2D eigenvalue weighted by Crippen LogP contribution is 2.11. The minimum atomic E-state index is -0.190. The van der Waals surface area contributed by atoms with Crippen LogP contribution in [0.1, 0.15) is 26.8 Å². The maximum absolute atomic E-state index is 11.3. The molecule has 0 spiro atoms. The number of hydrogen-bond acceptors (Lipinski definition) is 2. The van der Waals surface area contributed by atoms with Gasteiger partial charge in [-0.15, -0.1) is 0 Å². The molecule has 0 aliphatic carbocycles. The van der Waals surface area contributed by atoms with Crippen LogP contribution in [-0.2, 0) is 4.79 Å². The van der Waals surface area contributed by atoms with Crippen LogP contribution in [0.5, 0.6) is 0 Å². The van der Waals surface area contributed by atoms with E-state index >= 15 is 0 Å². The van der Waals surface area contributed by atoms with Crippen LogP contribution in [0, 0.1) is 0 Å². The molecule has 1 rings (SSSR count). The summed E-state index contributed by atoms with van der Waals surface area (Å²) in [5.74, 6) is -0.0618. The van der Waals surface area contributed by atoms with Crippen LogP contribution in [0.4, 0.5) is 5.69 Å². The number of alkyl halides is 1. The number of anilines is 1. The van der Waals surface area contributed by atoms with E-state index in [1.165, 1.54) is 0 Å². The molecule has 0 aromatic carbocycles. The Morgan fingerprint density at radius 1 is 1.57 bits per heavy atom. The third-order valence-corrected chi connectivity index (χ3v) is 2.18. The first-order valence-electron chi connectivity index (χ1n) is 4.50. The summed E-state index contributed by atoms with van der Waals surface area (Å²) in [6.45, 7) is 5.85. The van der Waals surface area contributed by atoms with Gasteiger partial charge in [-0.05, 0) is 20.8 Å². The summed E-state index contributed by atoms with van der Waals surface area (Å²) in [5.41, 5.74) is 0.731. The molecule has 78 valence electrons. The standard InChI is InChI=1S/C9H14BrN3O/c1-6(2)13-5-8(4-11-13)12-9(14)7(3)10/h4-7H,1-3H3,(H,12,14). The van der Waals surface area contributed by atoms with E-state index in [2.05, 4.69) is 26.3 Å². The fourth-order valence-corrected chi connectivity index (χ4v) is 1.04. The number of hydrogen-bond donors (Lipinski definition) is 1. The van der Waals surface area contributed by atoms with Gasteiger partial charge in [-0.1, -0.05) is 15.9 Å². The van der Waals surface area contributed by atoms with E-state index in [0.717, 1.165) is 5.69 Å². The second-order valence-electron chi connectivity index (χ2n) is 3.41. The van der Waals surface area contributed by atoms with Gasteiger partial charge in [0.25, 0.3) is 0 Å². The van der Waals surface area contributed by atoms with Crippen molar-refractivity contribution in [2.24, 2.45) is 0 Å². The number of carbonyl (C=O) groups is 1. The van der Waals surface area contributed by atoms with Crippen LogP contribution >= 0.6 is 15.9 Å². The second kappa shape index (κ2) is 4.59. The third-order valence-electron chi connectivity index (χ3n) is 1.76. The summed E-state index contributed by atoms with van der Waals surface area (Å²) in [4.78, 5) is 11.1. The average molecular weight is 260 g/mol. The molecule has 1 amide bonds. The van der Waals surface area contributed by atoms with Gasteiger partial charge in [0.2, 0.25) is 5.91 Å². The van der Waals surface area contributed by atoms with Crippen LogP contribution in [0.15, 0.2) is 12.4 Å². The van der Waals surface area contributed by atoms with Crippen LogP contribution in [0.2, 0.25) is 0 Å². The smallest absolute Gasteiger partial charge is 0.237 e. The van der Waals surface area contributed by atoms with Crippen molar-refractivity contribution in [3.8, 4) is 0 Å². The first-order chi connectivity index (χ1) is 6.50. The second-order valence-corrected chi connectivity index (χ2v) is 4.78. The molecule has 0 fully saturated rings. The van der Waals surface area contributed by atoms with Crippen molar-refractivity contribution in [1.29, 1.82) is 0 Å². The number of rotatable bonds is 3. The summed E-state index contributed by atoms with van der Waals surface area (Å²) in [7, 11) is 0. The topological polar surface area (TPSA) is 46.9 Å². The molecule has 14 heavy (non-hydrogen) atoms. The van der Waals surface area contributed by atoms with Gasteiger partial charge < -0.3 is 5.32 Å². The van der Waals surface area contributed by atoms with Crippen LogP contribution in [0.25, 0.3) is 0 Å². The highest BCUT2D eigenvalue weighted by atomic mass is 79.9. The van der Waals surface area contributed by atoms with Gasteiger partial charge >= 0.3 is 0 Å². The third kappa shape index (κ3) is 2.83. The molecule has 1 aromatic rings. The number of nitrogens with one attached hydrogen (secondary N) is 1. The van der Waals surface area contributed by atoms with E-state index in [4.69, 9.17) is 0 Å². The average Bonchev–Trinajstić information content (AvgIpc) is 2.52. The predicted molar refractivity (Wildman–Crippen MR) is 59.6 cm³/mol. The van der Waals surface area contributed by atoms with Gasteiger partial charge in [0, 0.05) is 12.2 Å². The van der Waals surface area contributed by atoms with Crippen LogP contribution in [0.3, 0.4) is 0 Å². The number of carbonyl (C=O) groups excluding carboxylic acids is 1. The molecule has 1 heterocycles. The molecule has 0 radical (unpaired) electrons. The Bertz CT molecular complexity index is 320. The summed E-state index contributed by atoms with van der Waals surface area (Å²) in [5, 5.41) is 6.86. The highest BCUT2D eigenvalue weighted by molar-refractivity contribution is 9.10. The number of nitrogens with zero attached hydrogens (tertiary/aromatic N) is 2. The van der Waals surface area contributed by atoms with Crippen molar-refractivity contribution in [1.82, 2.24) is 9.78 Å². The van der Waals surface area contributed by atoms with Gasteiger partial charge in [0.05, 0.1) is 16.7 Å². The molecule has 1 N–H and O–H groups in total. The van der Waals surface area contributed by atoms with Crippen molar-refractivity contribution in [2.75, 3.05) is 5.32 Å². The molecule has 0 aliphatic heterocycles. The molecule has 4 nitrogen and oxygen atoms in total. The lowest BCUT2D eigenvalue weighted by atomic mass is 10.4. The highest BCUT2D eigenvalue weighted by Gasteiger charge is 2.10. The Balaban J connectivity index is 2.64. The Morgan fingerprint density at radius 2 is 2.21 bits per heavy atom. The first-order valence-corrected chi connectivity index (χ1v) is 5.41. The normalized spacial score (nSPS) is 12.9. The quantitative estimate of drug-likeness (QED) is 0.847.